The highest BCUT2D eigenvalue weighted by Gasteiger charge is 2.18. The highest BCUT2D eigenvalue weighted by molar-refractivity contribution is 5.85. The van der Waals surface area contributed by atoms with Crippen LogP contribution >= 0.6 is 0 Å². The van der Waals surface area contributed by atoms with Crippen LogP contribution in [0.1, 0.15) is 25.5 Å². The number of benzene rings is 1. The molecular weight excluding hydrogens is 204 g/mol. The molecule has 1 amide bonds. The molecule has 0 heterocycles. The van der Waals surface area contributed by atoms with E-state index in [2.05, 4.69) is 10.5 Å². The topological polar surface area (TPSA) is 50.7 Å². The summed E-state index contributed by atoms with van der Waals surface area (Å²) < 4.78 is 5.15. The van der Waals surface area contributed by atoms with Gasteiger partial charge in [-0.15, -0.1) is 0 Å². The number of ether oxygens (including phenoxy) is 1. The average molecular weight is 220 g/mol. The fourth-order valence-corrected chi connectivity index (χ4v) is 1.25. The molecule has 1 rings (SSSR count). The SMILES string of the molecule is CO[C@H](C(=O)NN=C(C)C)c1ccccc1. The molecule has 0 aliphatic rings. The Morgan fingerprint density at radius 3 is 2.44 bits per heavy atom. The number of nitrogens with one attached hydrogen (secondary N) is 1. The van der Waals surface area contributed by atoms with Gasteiger partial charge in [-0.25, -0.2) is 5.43 Å². The first kappa shape index (κ1) is 12.4. The van der Waals surface area contributed by atoms with Crippen molar-refractivity contribution in [2.45, 2.75) is 20.0 Å². The smallest absolute Gasteiger partial charge is 0.273 e. The summed E-state index contributed by atoms with van der Waals surface area (Å²) in [7, 11) is 1.50. The molecule has 0 saturated carbocycles. The van der Waals surface area contributed by atoms with Crippen molar-refractivity contribution in [1.82, 2.24) is 5.43 Å². The van der Waals surface area contributed by atoms with Gasteiger partial charge in [0.15, 0.2) is 6.10 Å². The van der Waals surface area contributed by atoms with Gasteiger partial charge in [0.25, 0.3) is 5.91 Å². The lowest BCUT2D eigenvalue weighted by molar-refractivity contribution is -0.131. The van der Waals surface area contributed by atoms with E-state index in [4.69, 9.17) is 4.74 Å². The predicted octanol–water partition coefficient (Wildman–Crippen LogP) is 1.89. The Bertz CT molecular complexity index is 370. The van der Waals surface area contributed by atoms with Gasteiger partial charge in [-0.2, -0.15) is 5.10 Å². The molecule has 0 spiro atoms. The van der Waals surface area contributed by atoms with E-state index in [0.717, 1.165) is 11.3 Å². The van der Waals surface area contributed by atoms with Crippen LogP contribution in [0.4, 0.5) is 0 Å². The van der Waals surface area contributed by atoms with Crippen LogP contribution in [0.25, 0.3) is 0 Å². The van der Waals surface area contributed by atoms with Gasteiger partial charge in [0, 0.05) is 12.8 Å². The molecule has 4 heteroatoms. The Hall–Kier alpha value is -1.68. The van der Waals surface area contributed by atoms with Crippen molar-refractivity contribution in [2.75, 3.05) is 7.11 Å². The average Bonchev–Trinajstić information content (AvgIpc) is 2.29. The number of hydrazone groups is 1. The monoisotopic (exact) mass is 220 g/mol. The number of hydrogen-bond acceptors (Lipinski definition) is 3. The Morgan fingerprint density at radius 1 is 1.31 bits per heavy atom. The maximum absolute atomic E-state index is 11.7. The van der Waals surface area contributed by atoms with Gasteiger partial charge < -0.3 is 4.74 Å². The summed E-state index contributed by atoms with van der Waals surface area (Å²) in [5, 5.41) is 3.86. The molecule has 0 saturated heterocycles. The van der Waals surface area contributed by atoms with Crippen LogP contribution in [0, 0.1) is 0 Å². The molecule has 0 bridgehead atoms. The van der Waals surface area contributed by atoms with Gasteiger partial charge in [0.05, 0.1) is 0 Å². The Kier molecular flexibility index (Phi) is 4.66. The van der Waals surface area contributed by atoms with Gasteiger partial charge in [0.2, 0.25) is 0 Å². The van der Waals surface area contributed by atoms with E-state index in [1.807, 2.05) is 44.2 Å². The van der Waals surface area contributed by atoms with Crippen molar-refractivity contribution >= 4 is 11.6 Å². The molecule has 0 aromatic heterocycles. The second-order valence-corrected chi connectivity index (χ2v) is 3.56. The van der Waals surface area contributed by atoms with Gasteiger partial charge in [-0.3, -0.25) is 4.79 Å². The maximum Gasteiger partial charge on any atom is 0.273 e. The van der Waals surface area contributed by atoms with Crippen LogP contribution in [0.5, 0.6) is 0 Å². The minimum atomic E-state index is -0.621. The van der Waals surface area contributed by atoms with Crippen LogP contribution in [0.3, 0.4) is 0 Å². The van der Waals surface area contributed by atoms with Crippen molar-refractivity contribution in [3.8, 4) is 0 Å². The first-order valence-electron chi connectivity index (χ1n) is 5.03. The van der Waals surface area contributed by atoms with Crippen LogP contribution in [-0.4, -0.2) is 18.7 Å². The highest BCUT2D eigenvalue weighted by atomic mass is 16.5. The van der Waals surface area contributed by atoms with Crippen LogP contribution in [0.15, 0.2) is 35.4 Å². The molecule has 86 valence electrons. The second kappa shape index (κ2) is 6.02. The van der Waals surface area contributed by atoms with Crippen LogP contribution in [-0.2, 0) is 9.53 Å². The Labute approximate surface area is 95.3 Å². The summed E-state index contributed by atoms with van der Waals surface area (Å²) in [5.74, 6) is -0.269. The van der Waals surface area contributed by atoms with Gasteiger partial charge >= 0.3 is 0 Å². The van der Waals surface area contributed by atoms with Crippen molar-refractivity contribution in [3.63, 3.8) is 0 Å². The lowest BCUT2D eigenvalue weighted by atomic mass is 10.1. The molecule has 1 atom stereocenters. The van der Waals surface area contributed by atoms with E-state index in [1.165, 1.54) is 7.11 Å². The number of amides is 1. The van der Waals surface area contributed by atoms with E-state index in [9.17, 15) is 4.79 Å². The number of carbonyl (C=O) groups excluding carboxylic acids is 1. The fraction of sp³-hybridized carbons (Fsp3) is 0.333. The molecule has 0 radical (unpaired) electrons. The normalized spacial score (nSPS) is 11.7. The lowest BCUT2D eigenvalue weighted by Crippen LogP contribution is -2.27. The van der Waals surface area contributed by atoms with Gasteiger partial charge in [-0.1, -0.05) is 30.3 Å². The van der Waals surface area contributed by atoms with E-state index in [-0.39, 0.29) is 5.91 Å². The number of carbonyl (C=O) groups is 1. The number of hydrogen-bond donors (Lipinski definition) is 1. The summed E-state index contributed by atoms with van der Waals surface area (Å²) in [6.45, 7) is 3.62. The second-order valence-electron chi connectivity index (χ2n) is 3.56. The van der Waals surface area contributed by atoms with Gasteiger partial charge in [0.1, 0.15) is 0 Å². The Morgan fingerprint density at radius 2 is 1.94 bits per heavy atom. The van der Waals surface area contributed by atoms with Crippen molar-refractivity contribution in [3.05, 3.63) is 35.9 Å². The lowest BCUT2D eigenvalue weighted by Gasteiger charge is -2.13. The van der Waals surface area contributed by atoms with Gasteiger partial charge in [-0.05, 0) is 19.4 Å². The number of methoxy groups -OCH3 is 1. The first-order valence-corrected chi connectivity index (χ1v) is 5.03. The largest absolute Gasteiger partial charge is 0.367 e. The van der Waals surface area contributed by atoms with Crippen molar-refractivity contribution < 1.29 is 9.53 Å². The molecule has 4 nitrogen and oxygen atoms in total. The van der Waals surface area contributed by atoms with Crippen LogP contribution in [0.2, 0.25) is 0 Å². The summed E-state index contributed by atoms with van der Waals surface area (Å²) in [6.07, 6.45) is -0.621. The number of nitrogens with zero attached hydrogens (tertiary/aromatic N) is 1. The zero-order chi connectivity index (χ0) is 12.0. The minimum absolute atomic E-state index is 0.269. The third kappa shape index (κ3) is 3.47. The molecule has 0 unspecified atom stereocenters. The fourth-order valence-electron chi connectivity index (χ4n) is 1.25. The molecule has 0 aliphatic heterocycles. The molecule has 1 aromatic rings. The van der Waals surface area contributed by atoms with Crippen molar-refractivity contribution in [2.24, 2.45) is 5.10 Å². The zero-order valence-electron chi connectivity index (χ0n) is 9.73. The maximum atomic E-state index is 11.7. The summed E-state index contributed by atoms with van der Waals surface area (Å²) in [4.78, 5) is 11.7. The van der Waals surface area contributed by atoms with E-state index < -0.39 is 6.10 Å². The molecule has 0 fully saturated rings. The molecule has 1 aromatic carbocycles. The first-order chi connectivity index (χ1) is 7.65. The van der Waals surface area contributed by atoms with Crippen LogP contribution < -0.4 is 5.43 Å². The molecule has 0 aliphatic carbocycles. The summed E-state index contributed by atoms with van der Waals surface area (Å²) in [6, 6.07) is 9.31. The number of rotatable bonds is 4. The summed E-state index contributed by atoms with van der Waals surface area (Å²) >= 11 is 0. The molecular formula is C12H16N2O2. The minimum Gasteiger partial charge on any atom is -0.367 e. The quantitative estimate of drug-likeness (QED) is 0.622. The van der Waals surface area contributed by atoms with Crippen molar-refractivity contribution in [1.29, 1.82) is 0 Å². The van der Waals surface area contributed by atoms with E-state index in [1.54, 1.807) is 0 Å². The zero-order valence-corrected chi connectivity index (χ0v) is 9.73. The highest BCUT2D eigenvalue weighted by Crippen LogP contribution is 2.15. The standard InChI is InChI=1S/C12H16N2O2/c1-9(2)13-14-12(15)11(16-3)10-7-5-4-6-8-10/h4-8,11H,1-3H3,(H,14,15)/t11-/m0/s1. The third-order valence-electron chi connectivity index (χ3n) is 1.97. The van der Waals surface area contributed by atoms with E-state index in [0.29, 0.717) is 0 Å². The Balaban J connectivity index is 2.75. The predicted molar refractivity (Wildman–Crippen MR) is 63.1 cm³/mol. The van der Waals surface area contributed by atoms with E-state index >= 15 is 0 Å². The summed E-state index contributed by atoms with van der Waals surface area (Å²) in [5.41, 5.74) is 4.06. The molecule has 16 heavy (non-hydrogen) atoms. The third-order valence-corrected chi connectivity index (χ3v) is 1.97. The molecule has 1 N–H and O–H groups in total.